The zero-order valence-electron chi connectivity index (χ0n) is 8.15. The Morgan fingerprint density at radius 2 is 2.27 bits per heavy atom. The highest BCUT2D eigenvalue weighted by atomic mass is 79.9. The number of hydrogen-bond donors (Lipinski definition) is 1. The van der Waals surface area contributed by atoms with Gasteiger partial charge in [0.1, 0.15) is 12.4 Å². The number of aromatic nitrogens is 2. The second-order valence-electron chi connectivity index (χ2n) is 3.92. The van der Waals surface area contributed by atoms with Crippen molar-refractivity contribution in [3.05, 3.63) is 28.5 Å². The molecule has 1 saturated carbocycles. The van der Waals surface area contributed by atoms with Gasteiger partial charge in [0.2, 0.25) is 0 Å². The van der Waals surface area contributed by atoms with Crippen LogP contribution in [0.15, 0.2) is 22.7 Å². The molecule has 0 aliphatic heterocycles. The van der Waals surface area contributed by atoms with Crippen LogP contribution in [-0.4, -0.2) is 14.7 Å². The van der Waals surface area contributed by atoms with Gasteiger partial charge in [-0.3, -0.25) is 0 Å². The first-order chi connectivity index (χ1) is 7.29. The first-order valence-corrected chi connectivity index (χ1v) is 5.86. The van der Waals surface area contributed by atoms with Crippen LogP contribution < -0.4 is 0 Å². The number of halogens is 1. The van der Waals surface area contributed by atoms with E-state index in [9.17, 15) is 5.11 Å². The van der Waals surface area contributed by atoms with Crippen LogP contribution in [-0.2, 0) is 6.61 Å². The standard InChI is InChI=1S/C11H11BrN2O/c12-7-1-4-10-9(5-7)13-11(6-15)14(10)8-2-3-8/h1,4-5,8,15H,2-3,6H2. The van der Waals surface area contributed by atoms with E-state index in [1.807, 2.05) is 12.1 Å². The van der Waals surface area contributed by atoms with Crippen LogP contribution in [0.5, 0.6) is 0 Å². The summed E-state index contributed by atoms with van der Waals surface area (Å²) in [4.78, 5) is 4.44. The molecule has 3 nitrogen and oxygen atoms in total. The Balaban J connectivity index is 2.28. The highest BCUT2D eigenvalue weighted by Gasteiger charge is 2.27. The third kappa shape index (κ3) is 1.48. The number of fused-ring (bicyclic) bond motifs is 1. The largest absolute Gasteiger partial charge is 0.388 e. The molecule has 0 atom stereocenters. The highest BCUT2D eigenvalue weighted by molar-refractivity contribution is 9.10. The van der Waals surface area contributed by atoms with E-state index < -0.39 is 0 Å². The van der Waals surface area contributed by atoms with Gasteiger partial charge in [0, 0.05) is 10.5 Å². The predicted octanol–water partition coefficient (Wildman–Crippen LogP) is 2.63. The number of aliphatic hydroxyl groups excluding tert-OH is 1. The third-order valence-corrected chi connectivity index (χ3v) is 3.27. The van der Waals surface area contributed by atoms with Crippen molar-refractivity contribution in [3.63, 3.8) is 0 Å². The summed E-state index contributed by atoms with van der Waals surface area (Å²) in [6.07, 6.45) is 2.41. The number of imidazole rings is 1. The van der Waals surface area contributed by atoms with Gasteiger partial charge in [0.25, 0.3) is 0 Å². The maximum atomic E-state index is 9.27. The Morgan fingerprint density at radius 1 is 1.47 bits per heavy atom. The van der Waals surface area contributed by atoms with Gasteiger partial charge in [0.05, 0.1) is 11.0 Å². The number of hydrogen-bond acceptors (Lipinski definition) is 2. The number of nitrogens with zero attached hydrogens (tertiary/aromatic N) is 2. The predicted molar refractivity (Wildman–Crippen MR) is 61.6 cm³/mol. The third-order valence-electron chi connectivity index (χ3n) is 2.78. The fourth-order valence-electron chi connectivity index (χ4n) is 1.97. The molecule has 4 heteroatoms. The minimum absolute atomic E-state index is 0.0167. The van der Waals surface area contributed by atoms with Gasteiger partial charge in [-0.15, -0.1) is 0 Å². The van der Waals surface area contributed by atoms with Crippen LogP contribution in [0.1, 0.15) is 24.7 Å². The van der Waals surface area contributed by atoms with Crippen LogP contribution >= 0.6 is 15.9 Å². The molecule has 0 spiro atoms. The van der Waals surface area contributed by atoms with Crippen LogP contribution in [0.25, 0.3) is 11.0 Å². The topological polar surface area (TPSA) is 38.1 Å². The zero-order valence-corrected chi connectivity index (χ0v) is 9.74. The molecule has 0 saturated heterocycles. The maximum absolute atomic E-state index is 9.27. The summed E-state index contributed by atoms with van der Waals surface area (Å²) in [5.41, 5.74) is 2.09. The van der Waals surface area contributed by atoms with Crippen molar-refractivity contribution < 1.29 is 5.11 Å². The van der Waals surface area contributed by atoms with E-state index in [1.54, 1.807) is 0 Å². The minimum Gasteiger partial charge on any atom is -0.388 e. The van der Waals surface area contributed by atoms with E-state index in [0.29, 0.717) is 6.04 Å². The summed E-state index contributed by atoms with van der Waals surface area (Å²) in [6.45, 7) is 0.0167. The zero-order chi connectivity index (χ0) is 10.4. The molecule has 1 aromatic carbocycles. The lowest BCUT2D eigenvalue weighted by Gasteiger charge is -2.04. The van der Waals surface area contributed by atoms with Gasteiger partial charge in [-0.25, -0.2) is 4.98 Å². The summed E-state index contributed by atoms with van der Waals surface area (Å²) in [5, 5.41) is 9.27. The van der Waals surface area contributed by atoms with E-state index in [0.717, 1.165) is 21.3 Å². The van der Waals surface area contributed by atoms with Gasteiger partial charge in [-0.2, -0.15) is 0 Å². The monoisotopic (exact) mass is 266 g/mol. The van der Waals surface area contributed by atoms with E-state index in [1.165, 1.54) is 12.8 Å². The lowest BCUT2D eigenvalue weighted by Crippen LogP contribution is -2.00. The first-order valence-electron chi connectivity index (χ1n) is 5.07. The summed E-state index contributed by atoms with van der Waals surface area (Å²) < 4.78 is 3.20. The van der Waals surface area contributed by atoms with E-state index in [4.69, 9.17) is 0 Å². The summed E-state index contributed by atoms with van der Waals surface area (Å²) in [5.74, 6) is 0.783. The van der Waals surface area contributed by atoms with Gasteiger partial charge >= 0.3 is 0 Å². The molecule has 1 aliphatic rings. The molecule has 1 aliphatic carbocycles. The fraction of sp³-hybridized carbons (Fsp3) is 0.364. The van der Waals surface area contributed by atoms with Crippen LogP contribution in [0, 0.1) is 0 Å². The van der Waals surface area contributed by atoms with Gasteiger partial charge in [0.15, 0.2) is 0 Å². The Bertz CT molecular complexity index is 517. The lowest BCUT2D eigenvalue weighted by atomic mass is 10.3. The Hall–Kier alpha value is -0.870. The maximum Gasteiger partial charge on any atom is 0.135 e. The molecule has 1 aromatic heterocycles. The van der Waals surface area contributed by atoms with Crippen LogP contribution in [0.3, 0.4) is 0 Å². The summed E-state index contributed by atoms with van der Waals surface area (Å²) >= 11 is 3.43. The van der Waals surface area contributed by atoms with Crippen LogP contribution in [0.4, 0.5) is 0 Å². The molecule has 15 heavy (non-hydrogen) atoms. The van der Waals surface area contributed by atoms with E-state index in [-0.39, 0.29) is 6.61 Å². The van der Waals surface area contributed by atoms with Gasteiger partial charge in [-0.1, -0.05) is 15.9 Å². The number of rotatable bonds is 2. The Kier molecular flexibility index (Phi) is 2.07. The molecule has 0 bridgehead atoms. The second kappa shape index (κ2) is 3.32. The highest BCUT2D eigenvalue weighted by Crippen LogP contribution is 2.38. The normalized spacial score (nSPS) is 16.1. The SMILES string of the molecule is OCc1nc2cc(Br)ccc2n1C1CC1. The average Bonchev–Trinajstić information content (AvgIpc) is 2.99. The smallest absolute Gasteiger partial charge is 0.135 e. The number of benzene rings is 1. The van der Waals surface area contributed by atoms with E-state index in [2.05, 4.69) is 31.5 Å². The van der Waals surface area contributed by atoms with Crippen molar-refractivity contribution in [2.75, 3.05) is 0 Å². The quantitative estimate of drug-likeness (QED) is 0.908. The minimum atomic E-state index is 0.0167. The fourth-order valence-corrected chi connectivity index (χ4v) is 2.32. The average molecular weight is 267 g/mol. The van der Waals surface area contributed by atoms with Gasteiger partial charge < -0.3 is 9.67 Å². The molecule has 0 amide bonds. The molecule has 1 heterocycles. The van der Waals surface area contributed by atoms with Crippen molar-refractivity contribution in [1.82, 2.24) is 9.55 Å². The Labute approximate surface area is 95.9 Å². The van der Waals surface area contributed by atoms with Crippen molar-refractivity contribution in [2.24, 2.45) is 0 Å². The van der Waals surface area contributed by atoms with Crippen LogP contribution in [0.2, 0.25) is 0 Å². The number of aliphatic hydroxyl groups is 1. The Morgan fingerprint density at radius 3 is 2.93 bits per heavy atom. The first kappa shape index (κ1) is 9.36. The molecular weight excluding hydrogens is 256 g/mol. The molecule has 3 rings (SSSR count). The molecule has 0 unspecified atom stereocenters. The molecule has 78 valence electrons. The molecule has 1 N–H and O–H groups in total. The molecular formula is C11H11BrN2O. The van der Waals surface area contributed by atoms with Gasteiger partial charge in [-0.05, 0) is 31.0 Å². The van der Waals surface area contributed by atoms with Crippen molar-refractivity contribution in [2.45, 2.75) is 25.5 Å². The van der Waals surface area contributed by atoms with Crippen molar-refractivity contribution >= 4 is 27.0 Å². The molecule has 2 aromatic rings. The van der Waals surface area contributed by atoms with Crippen molar-refractivity contribution in [3.8, 4) is 0 Å². The summed E-state index contributed by atoms with van der Waals surface area (Å²) in [7, 11) is 0. The second-order valence-corrected chi connectivity index (χ2v) is 4.84. The summed E-state index contributed by atoms with van der Waals surface area (Å²) in [6, 6.07) is 6.62. The van der Waals surface area contributed by atoms with E-state index >= 15 is 0 Å². The molecule has 1 fully saturated rings. The molecule has 0 radical (unpaired) electrons. The van der Waals surface area contributed by atoms with Crippen molar-refractivity contribution in [1.29, 1.82) is 0 Å². The lowest BCUT2D eigenvalue weighted by molar-refractivity contribution is 0.266.